The first-order valence-corrected chi connectivity index (χ1v) is 6.05. The summed E-state index contributed by atoms with van der Waals surface area (Å²) in [4.78, 5) is 0. The summed E-state index contributed by atoms with van der Waals surface area (Å²) in [6.45, 7) is 2.97. The first kappa shape index (κ1) is 11.3. The maximum atomic E-state index is 3.46. The molecule has 0 aliphatic rings. The number of benzene rings is 1. The average Bonchev–Trinajstić information content (AvgIpc) is 2.63. The monoisotopic (exact) mass is 278 g/mol. The van der Waals surface area contributed by atoms with Gasteiger partial charge >= 0.3 is 0 Å². The van der Waals surface area contributed by atoms with Crippen molar-refractivity contribution >= 4 is 21.6 Å². The smallest absolute Gasteiger partial charge is 0.0415 e. The van der Waals surface area contributed by atoms with Crippen LogP contribution in [0.3, 0.4) is 0 Å². The minimum atomic E-state index is 0.864. The Labute approximate surface area is 104 Å². The SMILES string of the molecule is Cc1cc(Br)ccc1NCc1ccn(C)c1. The summed E-state index contributed by atoms with van der Waals surface area (Å²) in [7, 11) is 2.04. The first-order valence-electron chi connectivity index (χ1n) is 5.26. The van der Waals surface area contributed by atoms with E-state index < -0.39 is 0 Å². The Morgan fingerprint density at radius 3 is 2.75 bits per heavy atom. The third kappa shape index (κ3) is 2.67. The zero-order chi connectivity index (χ0) is 11.5. The minimum absolute atomic E-state index is 0.864. The number of hydrogen-bond donors (Lipinski definition) is 1. The van der Waals surface area contributed by atoms with Gasteiger partial charge in [0.2, 0.25) is 0 Å². The Hall–Kier alpha value is -1.22. The Morgan fingerprint density at radius 2 is 2.12 bits per heavy atom. The standard InChI is InChI=1S/C13H15BrN2/c1-10-7-12(14)3-4-13(10)15-8-11-5-6-16(2)9-11/h3-7,9,15H,8H2,1-2H3. The van der Waals surface area contributed by atoms with Gasteiger partial charge in [0.25, 0.3) is 0 Å². The zero-order valence-electron chi connectivity index (χ0n) is 9.50. The van der Waals surface area contributed by atoms with E-state index in [0.717, 1.165) is 11.0 Å². The van der Waals surface area contributed by atoms with Crippen LogP contribution in [0.25, 0.3) is 0 Å². The van der Waals surface area contributed by atoms with Crippen molar-refractivity contribution in [3.8, 4) is 0 Å². The van der Waals surface area contributed by atoms with Gasteiger partial charge in [-0.05, 0) is 42.3 Å². The van der Waals surface area contributed by atoms with Gasteiger partial charge < -0.3 is 9.88 Å². The summed E-state index contributed by atoms with van der Waals surface area (Å²) in [5, 5.41) is 3.44. The molecule has 2 nitrogen and oxygen atoms in total. The van der Waals surface area contributed by atoms with Gasteiger partial charge in [0.15, 0.2) is 0 Å². The van der Waals surface area contributed by atoms with Crippen LogP contribution in [0.2, 0.25) is 0 Å². The van der Waals surface area contributed by atoms with Gasteiger partial charge in [-0.3, -0.25) is 0 Å². The third-order valence-corrected chi connectivity index (χ3v) is 3.06. The predicted octanol–water partition coefficient (Wildman–Crippen LogP) is 3.71. The Kier molecular flexibility index (Phi) is 3.34. The molecule has 0 spiro atoms. The van der Waals surface area contributed by atoms with Crippen LogP contribution in [-0.2, 0) is 13.6 Å². The van der Waals surface area contributed by atoms with E-state index in [1.165, 1.54) is 16.8 Å². The van der Waals surface area contributed by atoms with Crippen LogP contribution in [0.5, 0.6) is 0 Å². The van der Waals surface area contributed by atoms with E-state index in [-0.39, 0.29) is 0 Å². The zero-order valence-corrected chi connectivity index (χ0v) is 11.1. The molecule has 0 saturated carbocycles. The molecule has 0 atom stereocenters. The molecule has 0 unspecified atom stereocenters. The second-order valence-corrected chi connectivity index (χ2v) is 4.91. The third-order valence-electron chi connectivity index (χ3n) is 2.56. The van der Waals surface area contributed by atoms with Crippen molar-refractivity contribution in [2.45, 2.75) is 13.5 Å². The van der Waals surface area contributed by atoms with Crippen molar-refractivity contribution in [3.05, 3.63) is 52.3 Å². The van der Waals surface area contributed by atoms with Gasteiger partial charge in [-0.15, -0.1) is 0 Å². The highest BCUT2D eigenvalue weighted by Gasteiger charge is 1.99. The molecule has 1 N–H and O–H groups in total. The highest BCUT2D eigenvalue weighted by Crippen LogP contribution is 2.20. The second-order valence-electron chi connectivity index (χ2n) is 4.00. The van der Waals surface area contributed by atoms with Gasteiger partial charge in [0.05, 0.1) is 0 Å². The summed E-state index contributed by atoms with van der Waals surface area (Å²) in [5.41, 5.74) is 3.74. The summed E-state index contributed by atoms with van der Waals surface area (Å²) in [6, 6.07) is 8.40. The van der Waals surface area contributed by atoms with Crippen molar-refractivity contribution in [3.63, 3.8) is 0 Å². The van der Waals surface area contributed by atoms with E-state index in [9.17, 15) is 0 Å². The van der Waals surface area contributed by atoms with Crippen molar-refractivity contribution in [2.24, 2.45) is 7.05 Å². The molecular formula is C13H15BrN2. The van der Waals surface area contributed by atoms with Crippen LogP contribution in [0, 0.1) is 6.92 Å². The second kappa shape index (κ2) is 4.74. The lowest BCUT2D eigenvalue weighted by Crippen LogP contribution is -2.00. The maximum absolute atomic E-state index is 3.46. The molecule has 0 bridgehead atoms. The van der Waals surface area contributed by atoms with E-state index in [0.29, 0.717) is 0 Å². The fourth-order valence-corrected chi connectivity index (χ4v) is 2.16. The average molecular weight is 279 g/mol. The van der Waals surface area contributed by atoms with Crippen LogP contribution in [0.4, 0.5) is 5.69 Å². The van der Waals surface area contributed by atoms with Gasteiger partial charge in [-0.2, -0.15) is 0 Å². The fraction of sp³-hybridized carbons (Fsp3) is 0.231. The molecule has 0 amide bonds. The molecular weight excluding hydrogens is 264 g/mol. The number of nitrogens with zero attached hydrogens (tertiary/aromatic N) is 1. The Balaban J connectivity index is 2.04. The Bertz CT molecular complexity index is 488. The molecule has 0 aliphatic heterocycles. The van der Waals surface area contributed by atoms with Crippen molar-refractivity contribution < 1.29 is 0 Å². The van der Waals surface area contributed by atoms with Crippen LogP contribution in [0.1, 0.15) is 11.1 Å². The van der Waals surface area contributed by atoms with Crippen LogP contribution < -0.4 is 5.32 Å². The molecule has 16 heavy (non-hydrogen) atoms. The van der Waals surface area contributed by atoms with Crippen molar-refractivity contribution in [1.82, 2.24) is 4.57 Å². The lowest BCUT2D eigenvalue weighted by atomic mass is 10.2. The number of aryl methyl sites for hydroxylation is 2. The highest BCUT2D eigenvalue weighted by atomic mass is 79.9. The largest absolute Gasteiger partial charge is 0.381 e. The van der Waals surface area contributed by atoms with E-state index in [1.807, 2.05) is 7.05 Å². The quantitative estimate of drug-likeness (QED) is 0.906. The number of hydrogen-bond acceptors (Lipinski definition) is 1. The first-order chi connectivity index (χ1) is 7.65. The number of anilines is 1. The number of nitrogens with one attached hydrogen (secondary N) is 1. The van der Waals surface area contributed by atoms with E-state index in [4.69, 9.17) is 0 Å². The number of aromatic nitrogens is 1. The topological polar surface area (TPSA) is 17.0 Å². The molecule has 1 aromatic heterocycles. The summed E-state index contributed by atoms with van der Waals surface area (Å²) in [6.07, 6.45) is 4.19. The van der Waals surface area contributed by atoms with E-state index >= 15 is 0 Å². The molecule has 3 heteroatoms. The predicted molar refractivity (Wildman–Crippen MR) is 71.6 cm³/mol. The van der Waals surface area contributed by atoms with Gasteiger partial charge in [0, 0.05) is 36.1 Å². The molecule has 0 aliphatic carbocycles. The normalized spacial score (nSPS) is 10.4. The molecule has 0 radical (unpaired) electrons. The lowest BCUT2D eigenvalue weighted by molar-refractivity contribution is 0.920. The molecule has 0 fully saturated rings. The van der Waals surface area contributed by atoms with E-state index in [1.54, 1.807) is 0 Å². The Morgan fingerprint density at radius 1 is 1.31 bits per heavy atom. The molecule has 84 valence electrons. The van der Waals surface area contributed by atoms with Crippen LogP contribution >= 0.6 is 15.9 Å². The van der Waals surface area contributed by atoms with E-state index in [2.05, 4.69) is 69.4 Å². The lowest BCUT2D eigenvalue weighted by Gasteiger charge is -2.08. The van der Waals surface area contributed by atoms with Crippen molar-refractivity contribution in [1.29, 1.82) is 0 Å². The minimum Gasteiger partial charge on any atom is -0.381 e. The fourth-order valence-electron chi connectivity index (χ4n) is 1.69. The van der Waals surface area contributed by atoms with Crippen LogP contribution in [-0.4, -0.2) is 4.57 Å². The molecule has 1 heterocycles. The summed E-state index contributed by atoms with van der Waals surface area (Å²) >= 11 is 3.46. The van der Waals surface area contributed by atoms with Crippen LogP contribution in [0.15, 0.2) is 41.1 Å². The molecule has 0 saturated heterocycles. The van der Waals surface area contributed by atoms with Gasteiger partial charge in [-0.1, -0.05) is 15.9 Å². The van der Waals surface area contributed by atoms with Gasteiger partial charge in [0.1, 0.15) is 0 Å². The molecule has 2 rings (SSSR count). The van der Waals surface area contributed by atoms with Gasteiger partial charge in [-0.25, -0.2) is 0 Å². The molecule has 1 aromatic carbocycles. The van der Waals surface area contributed by atoms with Crippen molar-refractivity contribution in [2.75, 3.05) is 5.32 Å². The molecule has 2 aromatic rings. The number of halogens is 1. The summed E-state index contributed by atoms with van der Waals surface area (Å²) in [5.74, 6) is 0. The summed E-state index contributed by atoms with van der Waals surface area (Å²) < 4.78 is 3.18. The number of rotatable bonds is 3. The maximum Gasteiger partial charge on any atom is 0.0415 e. The highest BCUT2D eigenvalue weighted by molar-refractivity contribution is 9.10.